The minimum Gasteiger partial charge on any atom is -0.375 e. The fraction of sp³-hybridized carbons (Fsp3) is 0.500. The normalized spacial score (nSPS) is 21.8. The highest BCUT2D eigenvalue weighted by Crippen LogP contribution is 2.23. The maximum atomic E-state index is 13.7. The van der Waals surface area contributed by atoms with Gasteiger partial charge in [-0.2, -0.15) is 11.8 Å². The molecule has 1 heterocycles. The number of nitrogens with two attached hydrogens (primary N) is 1. The first-order valence-electron chi connectivity index (χ1n) is 5.80. The van der Waals surface area contributed by atoms with E-state index < -0.39 is 0 Å². The van der Waals surface area contributed by atoms with Crippen LogP contribution >= 0.6 is 23.4 Å². The summed E-state index contributed by atoms with van der Waals surface area (Å²) < 4.78 is 19.4. The molecular weight excluding hydrogens is 275 g/mol. The average molecular weight is 291 g/mol. The Labute approximate surface area is 115 Å². The Hall–Kier alpha value is -0.330. The van der Waals surface area contributed by atoms with Crippen molar-refractivity contribution in [2.75, 3.05) is 18.1 Å². The monoisotopic (exact) mass is 290 g/mol. The van der Waals surface area contributed by atoms with Crippen molar-refractivity contribution in [2.45, 2.75) is 18.6 Å². The molecular formula is C12H16ClFN2OS. The molecule has 0 amide bonds. The Morgan fingerprint density at radius 2 is 2.44 bits per heavy atom. The highest BCUT2D eigenvalue weighted by molar-refractivity contribution is 7.99. The minimum atomic E-state index is -0.300. The lowest BCUT2D eigenvalue weighted by Gasteiger charge is -2.30. The van der Waals surface area contributed by atoms with Crippen LogP contribution in [0.25, 0.3) is 0 Å². The van der Waals surface area contributed by atoms with Gasteiger partial charge in [-0.25, -0.2) is 4.39 Å². The van der Waals surface area contributed by atoms with Crippen molar-refractivity contribution in [3.05, 3.63) is 34.6 Å². The summed E-state index contributed by atoms with van der Waals surface area (Å²) in [4.78, 5) is 0. The Morgan fingerprint density at radius 1 is 1.61 bits per heavy atom. The molecule has 0 saturated carbocycles. The number of hydrazine groups is 1. The first-order chi connectivity index (χ1) is 8.72. The fourth-order valence-corrected chi connectivity index (χ4v) is 3.17. The van der Waals surface area contributed by atoms with Crippen LogP contribution < -0.4 is 11.3 Å². The molecule has 0 aromatic heterocycles. The Morgan fingerprint density at radius 3 is 3.06 bits per heavy atom. The molecule has 0 aliphatic carbocycles. The van der Waals surface area contributed by atoms with Gasteiger partial charge in [-0.15, -0.1) is 0 Å². The molecule has 1 fully saturated rings. The van der Waals surface area contributed by atoms with Crippen LogP contribution in [0.4, 0.5) is 4.39 Å². The zero-order valence-electron chi connectivity index (χ0n) is 9.86. The summed E-state index contributed by atoms with van der Waals surface area (Å²) in [7, 11) is 0. The SMILES string of the molecule is NNC(Cc1c(F)cccc1Cl)C1CSCCO1. The third-order valence-corrected chi connectivity index (χ3v) is 4.36. The zero-order valence-corrected chi connectivity index (χ0v) is 11.4. The Bertz CT molecular complexity index is 381. The summed E-state index contributed by atoms with van der Waals surface area (Å²) in [6, 6.07) is 4.56. The molecule has 6 heteroatoms. The van der Waals surface area contributed by atoms with Crippen LogP contribution in [0.2, 0.25) is 5.02 Å². The first-order valence-corrected chi connectivity index (χ1v) is 7.34. The summed E-state index contributed by atoms with van der Waals surface area (Å²) in [5.41, 5.74) is 3.20. The van der Waals surface area contributed by atoms with Gasteiger partial charge in [0.05, 0.1) is 18.8 Å². The van der Waals surface area contributed by atoms with Gasteiger partial charge < -0.3 is 4.74 Å². The van der Waals surface area contributed by atoms with Gasteiger partial charge in [0.1, 0.15) is 5.82 Å². The fourth-order valence-electron chi connectivity index (χ4n) is 1.98. The smallest absolute Gasteiger partial charge is 0.127 e. The van der Waals surface area contributed by atoms with Gasteiger partial charge in [-0.3, -0.25) is 11.3 Å². The van der Waals surface area contributed by atoms with E-state index in [1.54, 1.807) is 12.1 Å². The van der Waals surface area contributed by atoms with Gasteiger partial charge in [0.25, 0.3) is 0 Å². The molecule has 1 aromatic carbocycles. The van der Waals surface area contributed by atoms with Gasteiger partial charge in [-0.05, 0) is 18.6 Å². The van der Waals surface area contributed by atoms with E-state index in [-0.39, 0.29) is 18.0 Å². The molecule has 3 N–H and O–H groups in total. The van der Waals surface area contributed by atoms with E-state index in [9.17, 15) is 4.39 Å². The predicted molar refractivity (Wildman–Crippen MR) is 73.3 cm³/mol. The second-order valence-corrected chi connectivity index (χ2v) is 5.72. The summed E-state index contributed by atoms with van der Waals surface area (Å²) in [6.45, 7) is 0.707. The largest absolute Gasteiger partial charge is 0.375 e. The number of ether oxygens (including phenoxy) is 1. The van der Waals surface area contributed by atoms with Gasteiger partial charge in [-0.1, -0.05) is 17.7 Å². The second kappa shape index (κ2) is 6.73. The summed E-state index contributed by atoms with van der Waals surface area (Å²) >= 11 is 7.83. The molecule has 2 rings (SSSR count). The molecule has 0 spiro atoms. The molecule has 1 aliphatic heterocycles. The van der Waals surface area contributed by atoms with Crippen molar-refractivity contribution in [3.63, 3.8) is 0 Å². The number of benzene rings is 1. The maximum absolute atomic E-state index is 13.7. The molecule has 2 unspecified atom stereocenters. The summed E-state index contributed by atoms with van der Waals surface area (Å²) in [5.74, 6) is 7.10. The maximum Gasteiger partial charge on any atom is 0.127 e. The van der Waals surface area contributed by atoms with E-state index in [1.165, 1.54) is 6.07 Å². The van der Waals surface area contributed by atoms with Gasteiger partial charge in [0.2, 0.25) is 0 Å². The van der Waals surface area contributed by atoms with Crippen LogP contribution in [0.1, 0.15) is 5.56 Å². The van der Waals surface area contributed by atoms with Gasteiger partial charge >= 0.3 is 0 Å². The summed E-state index contributed by atoms with van der Waals surface area (Å²) in [5, 5.41) is 0.429. The molecule has 1 aliphatic rings. The van der Waals surface area contributed by atoms with Crippen molar-refractivity contribution in [2.24, 2.45) is 5.84 Å². The summed E-state index contributed by atoms with van der Waals surface area (Å²) in [6.07, 6.45) is 0.414. The number of nitrogens with one attached hydrogen (secondary N) is 1. The van der Waals surface area contributed by atoms with Crippen molar-refractivity contribution in [3.8, 4) is 0 Å². The zero-order chi connectivity index (χ0) is 13.0. The van der Waals surface area contributed by atoms with Crippen LogP contribution in [0.15, 0.2) is 18.2 Å². The Balaban J connectivity index is 2.09. The van der Waals surface area contributed by atoms with Crippen molar-refractivity contribution < 1.29 is 9.13 Å². The molecule has 2 atom stereocenters. The number of rotatable bonds is 4. The first kappa shape index (κ1) is 14.1. The highest BCUT2D eigenvalue weighted by atomic mass is 35.5. The van der Waals surface area contributed by atoms with E-state index in [0.717, 1.165) is 11.5 Å². The third-order valence-electron chi connectivity index (χ3n) is 2.99. The molecule has 1 saturated heterocycles. The molecule has 0 radical (unpaired) electrons. The lowest BCUT2D eigenvalue weighted by molar-refractivity contribution is 0.0470. The molecule has 0 bridgehead atoms. The van der Waals surface area contributed by atoms with Crippen molar-refractivity contribution in [1.82, 2.24) is 5.43 Å². The predicted octanol–water partition coefficient (Wildman–Crippen LogP) is 1.99. The number of hydrogen-bond donors (Lipinski definition) is 2. The standard InChI is InChI=1S/C12H16ClFN2OS/c13-9-2-1-3-10(14)8(9)6-11(16-15)12-7-18-5-4-17-12/h1-3,11-12,16H,4-7,15H2. The van der Waals surface area contributed by atoms with Gasteiger partial charge in [0.15, 0.2) is 0 Å². The van der Waals surface area contributed by atoms with E-state index in [1.807, 2.05) is 11.8 Å². The van der Waals surface area contributed by atoms with E-state index >= 15 is 0 Å². The van der Waals surface area contributed by atoms with Crippen LogP contribution in [0.3, 0.4) is 0 Å². The lowest BCUT2D eigenvalue weighted by Crippen LogP contribution is -2.49. The van der Waals surface area contributed by atoms with Crippen molar-refractivity contribution in [1.29, 1.82) is 0 Å². The number of hydrogen-bond acceptors (Lipinski definition) is 4. The Kier molecular flexibility index (Phi) is 5.26. The quantitative estimate of drug-likeness (QED) is 0.658. The van der Waals surface area contributed by atoms with Crippen LogP contribution in [0, 0.1) is 5.82 Å². The lowest BCUT2D eigenvalue weighted by atomic mass is 10.0. The number of halogens is 2. The topological polar surface area (TPSA) is 47.3 Å². The van der Waals surface area contributed by atoms with Crippen LogP contribution in [0.5, 0.6) is 0 Å². The van der Waals surface area contributed by atoms with Crippen LogP contribution in [-0.4, -0.2) is 30.3 Å². The van der Waals surface area contributed by atoms with Crippen molar-refractivity contribution >= 4 is 23.4 Å². The molecule has 18 heavy (non-hydrogen) atoms. The minimum absolute atomic E-state index is 0.00979. The highest BCUT2D eigenvalue weighted by Gasteiger charge is 2.25. The average Bonchev–Trinajstić information content (AvgIpc) is 2.40. The van der Waals surface area contributed by atoms with Gasteiger partial charge in [0, 0.05) is 22.1 Å². The second-order valence-electron chi connectivity index (χ2n) is 4.16. The van der Waals surface area contributed by atoms with E-state index in [4.69, 9.17) is 22.2 Å². The molecule has 100 valence electrons. The third kappa shape index (κ3) is 3.36. The number of thioether (sulfide) groups is 1. The molecule has 1 aromatic rings. The van der Waals surface area contributed by atoms with Crippen LogP contribution in [-0.2, 0) is 11.2 Å². The molecule has 3 nitrogen and oxygen atoms in total. The van der Waals surface area contributed by atoms with E-state index in [0.29, 0.717) is 23.6 Å². The van der Waals surface area contributed by atoms with E-state index in [2.05, 4.69) is 5.43 Å².